The molecular weight excluding hydrogens is 248 g/mol. The summed E-state index contributed by atoms with van der Waals surface area (Å²) in [5.41, 5.74) is -0.455. The maximum absolute atomic E-state index is 11.9. The summed E-state index contributed by atoms with van der Waals surface area (Å²) >= 11 is 0. The zero-order chi connectivity index (χ0) is 14.5. The summed E-state index contributed by atoms with van der Waals surface area (Å²) in [6, 6.07) is 0. The molecule has 0 aromatic heterocycles. The van der Waals surface area contributed by atoms with Gasteiger partial charge in [0.15, 0.2) is 0 Å². The molecule has 0 bridgehead atoms. The fourth-order valence-corrected chi connectivity index (χ4v) is 1.98. The van der Waals surface area contributed by atoms with Gasteiger partial charge in [0.2, 0.25) is 0 Å². The molecule has 6 heteroatoms. The highest BCUT2D eigenvalue weighted by molar-refractivity contribution is 5.68. The number of carbonyl (C=O) groups excluding carboxylic acids is 1. The van der Waals surface area contributed by atoms with Gasteiger partial charge in [0.25, 0.3) is 0 Å². The third-order valence-electron chi connectivity index (χ3n) is 2.85. The standard InChI is InChI=1S/C13H26N2O4/c1-13(2,3)19-12(17)15-7-5-14(6-8-15)9-11(16)10-18-4/h11,16H,5-10H2,1-4H3/t11-/m0/s1. The molecule has 0 aromatic rings. The van der Waals surface area contributed by atoms with Crippen molar-refractivity contribution in [3.63, 3.8) is 0 Å². The smallest absolute Gasteiger partial charge is 0.410 e. The second kappa shape index (κ2) is 7.07. The Morgan fingerprint density at radius 3 is 2.32 bits per heavy atom. The number of hydrogen-bond donors (Lipinski definition) is 1. The summed E-state index contributed by atoms with van der Waals surface area (Å²) in [5, 5.41) is 9.66. The Morgan fingerprint density at radius 1 is 1.26 bits per heavy atom. The third-order valence-corrected chi connectivity index (χ3v) is 2.85. The molecule has 1 amide bonds. The van der Waals surface area contributed by atoms with Gasteiger partial charge in [-0.1, -0.05) is 0 Å². The Hall–Kier alpha value is -0.850. The first-order chi connectivity index (χ1) is 8.81. The van der Waals surface area contributed by atoms with Gasteiger partial charge in [-0.25, -0.2) is 4.79 Å². The highest BCUT2D eigenvalue weighted by Gasteiger charge is 2.26. The minimum Gasteiger partial charge on any atom is -0.444 e. The molecule has 1 aliphatic rings. The summed E-state index contributed by atoms with van der Waals surface area (Å²) in [7, 11) is 1.57. The summed E-state index contributed by atoms with van der Waals surface area (Å²) in [6.07, 6.45) is -0.734. The number of hydrogen-bond acceptors (Lipinski definition) is 5. The highest BCUT2D eigenvalue weighted by Crippen LogP contribution is 2.12. The molecule has 0 saturated carbocycles. The lowest BCUT2D eigenvalue weighted by Crippen LogP contribution is -2.51. The molecule has 6 nitrogen and oxygen atoms in total. The number of piperazine rings is 1. The minimum absolute atomic E-state index is 0.260. The first-order valence-corrected chi connectivity index (χ1v) is 6.69. The normalized spacial score (nSPS) is 19.3. The van der Waals surface area contributed by atoms with Crippen molar-refractivity contribution in [2.24, 2.45) is 0 Å². The maximum atomic E-state index is 11.9. The lowest BCUT2D eigenvalue weighted by atomic mass is 10.2. The van der Waals surface area contributed by atoms with Crippen LogP contribution < -0.4 is 0 Å². The molecule has 1 aliphatic heterocycles. The van der Waals surface area contributed by atoms with E-state index in [1.807, 2.05) is 20.8 Å². The minimum atomic E-state index is -0.474. The lowest BCUT2D eigenvalue weighted by Gasteiger charge is -2.36. The van der Waals surface area contributed by atoms with Crippen molar-refractivity contribution in [3.8, 4) is 0 Å². The van der Waals surface area contributed by atoms with Crippen LogP contribution in [0.1, 0.15) is 20.8 Å². The predicted octanol–water partition coefficient (Wildman–Crippen LogP) is 0.546. The Kier molecular flexibility index (Phi) is 6.03. The van der Waals surface area contributed by atoms with E-state index in [0.717, 1.165) is 13.1 Å². The second-order valence-electron chi connectivity index (χ2n) is 5.88. The van der Waals surface area contributed by atoms with Gasteiger partial charge in [-0.2, -0.15) is 0 Å². The fourth-order valence-electron chi connectivity index (χ4n) is 1.98. The van der Waals surface area contributed by atoms with Gasteiger partial charge in [0, 0.05) is 39.8 Å². The number of ether oxygens (including phenoxy) is 2. The van der Waals surface area contributed by atoms with Gasteiger partial charge in [0.05, 0.1) is 12.7 Å². The molecule has 1 fully saturated rings. The molecule has 0 radical (unpaired) electrons. The van der Waals surface area contributed by atoms with Crippen LogP contribution in [0.4, 0.5) is 4.79 Å². The summed E-state index contributed by atoms with van der Waals surface area (Å²) in [6.45, 7) is 9.28. The maximum Gasteiger partial charge on any atom is 0.410 e. The van der Waals surface area contributed by atoms with E-state index >= 15 is 0 Å². The zero-order valence-corrected chi connectivity index (χ0v) is 12.4. The predicted molar refractivity (Wildman–Crippen MR) is 72.1 cm³/mol. The van der Waals surface area contributed by atoms with Crippen molar-refractivity contribution in [2.75, 3.05) is 46.4 Å². The molecule has 1 rings (SSSR count). The van der Waals surface area contributed by atoms with Crippen LogP contribution in [0.3, 0.4) is 0 Å². The van der Waals surface area contributed by atoms with E-state index in [0.29, 0.717) is 26.2 Å². The molecule has 1 N–H and O–H groups in total. The number of β-amino-alcohol motifs (C(OH)–C–C–N with tert-alkyl or cyclic N) is 1. The van der Waals surface area contributed by atoms with Crippen LogP contribution in [0.5, 0.6) is 0 Å². The average Bonchev–Trinajstić information content (AvgIpc) is 2.27. The number of aliphatic hydroxyl groups excluding tert-OH is 1. The Bertz CT molecular complexity index is 283. The highest BCUT2D eigenvalue weighted by atomic mass is 16.6. The fraction of sp³-hybridized carbons (Fsp3) is 0.923. The monoisotopic (exact) mass is 274 g/mol. The molecule has 0 aromatic carbocycles. The quantitative estimate of drug-likeness (QED) is 0.811. The molecule has 0 aliphatic carbocycles. The van der Waals surface area contributed by atoms with Crippen LogP contribution in [0.15, 0.2) is 0 Å². The zero-order valence-electron chi connectivity index (χ0n) is 12.4. The first kappa shape index (κ1) is 16.2. The van der Waals surface area contributed by atoms with Crippen LogP contribution in [0.25, 0.3) is 0 Å². The van der Waals surface area contributed by atoms with E-state index < -0.39 is 11.7 Å². The van der Waals surface area contributed by atoms with Gasteiger partial charge in [-0.05, 0) is 20.8 Å². The number of amides is 1. The number of nitrogens with zero attached hydrogens (tertiary/aromatic N) is 2. The van der Waals surface area contributed by atoms with Crippen LogP contribution in [-0.4, -0.2) is 79.1 Å². The molecule has 1 saturated heterocycles. The van der Waals surface area contributed by atoms with E-state index in [9.17, 15) is 9.90 Å². The average molecular weight is 274 g/mol. The van der Waals surface area contributed by atoms with Gasteiger partial charge >= 0.3 is 6.09 Å². The van der Waals surface area contributed by atoms with E-state index in [2.05, 4.69) is 4.90 Å². The summed E-state index contributed by atoms with van der Waals surface area (Å²) in [4.78, 5) is 15.7. The SMILES string of the molecule is COC[C@@H](O)CN1CCN(C(=O)OC(C)(C)C)CC1. The van der Waals surface area contributed by atoms with Gasteiger partial charge in [-0.3, -0.25) is 4.90 Å². The number of rotatable bonds is 4. The molecule has 0 spiro atoms. The van der Waals surface area contributed by atoms with E-state index in [-0.39, 0.29) is 6.09 Å². The molecule has 1 atom stereocenters. The van der Waals surface area contributed by atoms with E-state index in [1.54, 1.807) is 12.0 Å². The molecule has 1 heterocycles. The largest absolute Gasteiger partial charge is 0.444 e. The Labute approximate surface area is 115 Å². The molecular formula is C13H26N2O4. The van der Waals surface area contributed by atoms with Crippen LogP contribution >= 0.6 is 0 Å². The number of methoxy groups -OCH3 is 1. The molecule has 19 heavy (non-hydrogen) atoms. The van der Waals surface area contributed by atoms with Crippen molar-refractivity contribution < 1.29 is 19.4 Å². The Morgan fingerprint density at radius 2 is 1.84 bits per heavy atom. The first-order valence-electron chi connectivity index (χ1n) is 6.69. The van der Waals surface area contributed by atoms with Gasteiger partial charge in [-0.15, -0.1) is 0 Å². The number of carbonyl (C=O) groups is 1. The third kappa shape index (κ3) is 6.22. The molecule has 112 valence electrons. The van der Waals surface area contributed by atoms with Crippen molar-refractivity contribution >= 4 is 6.09 Å². The molecule has 0 unspecified atom stereocenters. The van der Waals surface area contributed by atoms with Crippen LogP contribution in [0.2, 0.25) is 0 Å². The van der Waals surface area contributed by atoms with Gasteiger partial charge in [0.1, 0.15) is 5.60 Å². The second-order valence-corrected chi connectivity index (χ2v) is 5.88. The van der Waals surface area contributed by atoms with Crippen LogP contribution in [0, 0.1) is 0 Å². The van der Waals surface area contributed by atoms with Crippen molar-refractivity contribution in [1.29, 1.82) is 0 Å². The Balaban J connectivity index is 2.30. The lowest BCUT2D eigenvalue weighted by molar-refractivity contribution is 0.00245. The van der Waals surface area contributed by atoms with E-state index in [4.69, 9.17) is 9.47 Å². The van der Waals surface area contributed by atoms with Gasteiger partial charge < -0.3 is 19.5 Å². The van der Waals surface area contributed by atoms with Crippen molar-refractivity contribution in [1.82, 2.24) is 9.80 Å². The topological polar surface area (TPSA) is 62.2 Å². The van der Waals surface area contributed by atoms with Crippen molar-refractivity contribution in [2.45, 2.75) is 32.5 Å². The van der Waals surface area contributed by atoms with Crippen LogP contribution in [-0.2, 0) is 9.47 Å². The van der Waals surface area contributed by atoms with E-state index in [1.165, 1.54) is 0 Å². The summed E-state index contributed by atoms with van der Waals surface area (Å²) in [5.74, 6) is 0. The summed E-state index contributed by atoms with van der Waals surface area (Å²) < 4.78 is 10.2. The van der Waals surface area contributed by atoms with Crippen molar-refractivity contribution in [3.05, 3.63) is 0 Å². The number of aliphatic hydroxyl groups is 1.